The van der Waals surface area contributed by atoms with Gasteiger partial charge in [-0.1, -0.05) is 15.9 Å². The third kappa shape index (κ3) is 2.44. The Morgan fingerprint density at radius 2 is 2.05 bits per heavy atom. The van der Waals surface area contributed by atoms with E-state index in [4.69, 9.17) is 16.2 Å². The molecule has 0 aliphatic carbocycles. The molecule has 2 aromatic rings. The minimum atomic E-state index is 0.0150. The van der Waals surface area contributed by atoms with Crippen LogP contribution in [0.3, 0.4) is 0 Å². The number of nitrogens with zero attached hydrogens (tertiary/aromatic N) is 3. The van der Waals surface area contributed by atoms with Crippen LogP contribution in [-0.4, -0.2) is 17.1 Å². The first kappa shape index (κ1) is 13.1. The van der Waals surface area contributed by atoms with E-state index < -0.39 is 0 Å². The maximum atomic E-state index is 9.17. The summed E-state index contributed by atoms with van der Waals surface area (Å²) in [7, 11) is 1.56. The molecule has 0 radical (unpaired) electrons. The van der Waals surface area contributed by atoms with Crippen molar-refractivity contribution in [2.24, 2.45) is 0 Å². The van der Waals surface area contributed by atoms with Crippen molar-refractivity contribution < 1.29 is 4.74 Å². The largest absolute Gasteiger partial charge is 0.497 e. The van der Waals surface area contributed by atoms with Crippen LogP contribution >= 0.6 is 15.9 Å². The van der Waals surface area contributed by atoms with E-state index in [0.29, 0.717) is 17.0 Å². The van der Waals surface area contributed by atoms with E-state index in [1.807, 2.05) is 6.07 Å². The lowest BCUT2D eigenvalue weighted by Crippen LogP contribution is -2.05. The average Bonchev–Trinajstić information content (AvgIpc) is 2.38. The number of anilines is 2. The Hall–Kier alpha value is -2.33. The molecule has 0 spiro atoms. The molecule has 0 fully saturated rings. The maximum Gasteiger partial charge on any atom is 0.222 e. The van der Waals surface area contributed by atoms with Gasteiger partial charge < -0.3 is 16.2 Å². The van der Waals surface area contributed by atoms with Gasteiger partial charge in [0, 0.05) is 10.0 Å². The Balaban J connectivity index is 2.75. The van der Waals surface area contributed by atoms with Crippen molar-refractivity contribution in [3.05, 3.63) is 28.2 Å². The summed E-state index contributed by atoms with van der Waals surface area (Å²) < 4.78 is 5.91. The third-order valence-corrected chi connectivity index (χ3v) is 3.19. The van der Waals surface area contributed by atoms with Crippen LogP contribution in [0.4, 0.5) is 11.8 Å². The monoisotopic (exact) mass is 319 g/mol. The molecular weight excluding hydrogens is 310 g/mol. The standard InChI is InChI=1S/C12H10BrN5O/c1-19-6-2-3-9(13)7(4-6)10-8(5-14)11(15)18-12(16)17-10/h2-4H,1H3,(H4,15,16,17,18). The number of rotatable bonds is 2. The second kappa shape index (κ2) is 5.12. The van der Waals surface area contributed by atoms with E-state index >= 15 is 0 Å². The molecule has 1 aromatic heterocycles. The van der Waals surface area contributed by atoms with Gasteiger partial charge in [-0.05, 0) is 18.2 Å². The number of halogens is 1. The van der Waals surface area contributed by atoms with Gasteiger partial charge in [0.25, 0.3) is 0 Å². The molecule has 0 unspecified atom stereocenters. The molecular formula is C12H10BrN5O. The lowest BCUT2D eigenvalue weighted by molar-refractivity contribution is 0.415. The van der Waals surface area contributed by atoms with Crippen molar-refractivity contribution in [3.63, 3.8) is 0 Å². The minimum absolute atomic E-state index is 0.0150. The molecule has 0 amide bonds. The Morgan fingerprint density at radius 1 is 1.32 bits per heavy atom. The summed E-state index contributed by atoms with van der Waals surface area (Å²) >= 11 is 3.40. The van der Waals surface area contributed by atoms with Crippen molar-refractivity contribution in [2.45, 2.75) is 0 Å². The molecule has 6 nitrogen and oxygen atoms in total. The summed E-state index contributed by atoms with van der Waals surface area (Å²) in [4.78, 5) is 7.87. The summed E-state index contributed by atoms with van der Waals surface area (Å²) in [5, 5.41) is 9.17. The average molecular weight is 320 g/mol. The summed E-state index contributed by atoms with van der Waals surface area (Å²) in [6, 6.07) is 7.31. The van der Waals surface area contributed by atoms with Gasteiger partial charge in [0.15, 0.2) is 0 Å². The van der Waals surface area contributed by atoms with Gasteiger partial charge in [0.1, 0.15) is 23.2 Å². The molecule has 0 saturated heterocycles. The molecule has 0 saturated carbocycles. The Morgan fingerprint density at radius 3 is 2.68 bits per heavy atom. The number of hydrogen-bond donors (Lipinski definition) is 2. The predicted molar refractivity (Wildman–Crippen MR) is 75.3 cm³/mol. The van der Waals surface area contributed by atoms with Gasteiger partial charge in [-0.15, -0.1) is 0 Å². The van der Waals surface area contributed by atoms with Crippen LogP contribution in [0.2, 0.25) is 0 Å². The molecule has 0 bridgehead atoms. The summed E-state index contributed by atoms with van der Waals surface area (Å²) in [5.41, 5.74) is 12.5. The molecule has 19 heavy (non-hydrogen) atoms. The van der Waals surface area contributed by atoms with Gasteiger partial charge >= 0.3 is 0 Å². The molecule has 1 heterocycles. The van der Waals surface area contributed by atoms with E-state index in [1.54, 1.807) is 25.3 Å². The lowest BCUT2D eigenvalue weighted by atomic mass is 10.1. The minimum Gasteiger partial charge on any atom is -0.497 e. The van der Waals surface area contributed by atoms with Crippen LogP contribution in [-0.2, 0) is 0 Å². The Kier molecular flexibility index (Phi) is 3.53. The molecule has 7 heteroatoms. The van der Waals surface area contributed by atoms with Crippen LogP contribution in [0.15, 0.2) is 22.7 Å². The van der Waals surface area contributed by atoms with Crippen molar-refractivity contribution in [3.8, 4) is 23.1 Å². The van der Waals surface area contributed by atoms with Crippen LogP contribution in [0.1, 0.15) is 5.56 Å². The van der Waals surface area contributed by atoms with E-state index in [1.165, 1.54) is 0 Å². The fourth-order valence-corrected chi connectivity index (χ4v) is 2.05. The van der Waals surface area contributed by atoms with Gasteiger partial charge in [0.05, 0.1) is 12.8 Å². The molecule has 1 aromatic carbocycles. The highest BCUT2D eigenvalue weighted by molar-refractivity contribution is 9.10. The van der Waals surface area contributed by atoms with Crippen LogP contribution in [0.25, 0.3) is 11.3 Å². The number of aromatic nitrogens is 2. The molecule has 2 rings (SSSR count). The fourth-order valence-electron chi connectivity index (χ4n) is 1.61. The van der Waals surface area contributed by atoms with Crippen LogP contribution in [0.5, 0.6) is 5.75 Å². The van der Waals surface area contributed by atoms with E-state index in [0.717, 1.165) is 4.47 Å². The predicted octanol–water partition coefficient (Wildman–Crippen LogP) is 1.95. The smallest absolute Gasteiger partial charge is 0.222 e. The van der Waals surface area contributed by atoms with Crippen molar-refractivity contribution in [1.29, 1.82) is 5.26 Å². The normalized spacial score (nSPS) is 9.95. The number of hydrogen-bond acceptors (Lipinski definition) is 6. The first-order valence-corrected chi connectivity index (χ1v) is 6.03. The summed E-state index contributed by atoms with van der Waals surface area (Å²) in [6.45, 7) is 0. The highest BCUT2D eigenvalue weighted by Crippen LogP contribution is 2.34. The SMILES string of the molecule is COc1ccc(Br)c(-c2nc(N)nc(N)c2C#N)c1. The number of ether oxygens (including phenoxy) is 1. The molecule has 0 aliphatic heterocycles. The molecule has 4 N–H and O–H groups in total. The van der Waals surface area contributed by atoms with E-state index in [9.17, 15) is 5.26 Å². The number of nitrogens with two attached hydrogens (primary N) is 2. The molecule has 96 valence electrons. The quantitative estimate of drug-likeness (QED) is 0.875. The zero-order valence-electron chi connectivity index (χ0n) is 10.0. The lowest BCUT2D eigenvalue weighted by Gasteiger charge is -2.10. The number of nitrogen functional groups attached to an aromatic ring is 2. The maximum absolute atomic E-state index is 9.17. The second-order valence-corrected chi connectivity index (χ2v) is 4.50. The van der Waals surface area contributed by atoms with Crippen molar-refractivity contribution in [2.75, 3.05) is 18.6 Å². The van der Waals surface area contributed by atoms with Crippen molar-refractivity contribution in [1.82, 2.24) is 9.97 Å². The van der Waals surface area contributed by atoms with Crippen LogP contribution < -0.4 is 16.2 Å². The highest BCUT2D eigenvalue weighted by atomic mass is 79.9. The highest BCUT2D eigenvalue weighted by Gasteiger charge is 2.16. The number of nitriles is 1. The van der Waals surface area contributed by atoms with Gasteiger partial charge in [0.2, 0.25) is 5.95 Å². The van der Waals surface area contributed by atoms with E-state index in [2.05, 4.69) is 25.9 Å². The van der Waals surface area contributed by atoms with Gasteiger partial charge in [-0.25, -0.2) is 4.98 Å². The third-order valence-electron chi connectivity index (χ3n) is 2.49. The topological polar surface area (TPSA) is 111 Å². The first-order chi connectivity index (χ1) is 9.06. The number of methoxy groups -OCH3 is 1. The van der Waals surface area contributed by atoms with Gasteiger partial charge in [-0.2, -0.15) is 10.2 Å². The second-order valence-electron chi connectivity index (χ2n) is 3.65. The first-order valence-electron chi connectivity index (χ1n) is 5.23. The summed E-state index contributed by atoms with van der Waals surface area (Å²) in [5.74, 6) is 0.707. The van der Waals surface area contributed by atoms with Gasteiger partial charge in [-0.3, -0.25) is 0 Å². The number of benzene rings is 1. The van der Waals surface area contributed by atoms with Crippen LogP contribution in [0, 0.1) is 11.3 Å². The Bertz CT molecular complexity index is 681. The summed E-state index contributed by atoms with van der Waals surface area (Å²) in [6.07, 6.45) is 0. The van der Waals surface area contributed by atoms with E-state index in [-0.39, 0.29) is 17.3 Å². The fraction of sp³-hybridized carbons (Fsp3) is 0.0833. The molecule has 0 atom stereocenters. The zero-order valence-corrected chi connectivity index (χ0v) is 11.6. The molecule has 0 aliphatic rings. The van der Waals surface area contributed by atoms with Crippen molar-refractivity contribution >= 4 is 27.7 Å². The Labute approximate surface area is 118 Å². The zero-order chi connectivity index (χ0) is 14.0.